The zero-order chi connectivity index (χ0) is 14.7. The van der Waals surface area contributed by atoms with Crippen LogP contribution in [0.1, 0.15) is 24.2 Å². The molecule has 0 radical (unpaired) electrons. The summed E-state index contributed by atoms with van der Waals surface area (Å²) in [5.41, 5.74) is 2.40. The Hall–Kier alpha value is -1.94. The van der Waals surface area contributed by atoms with Crippen molar-refractivity contribution in [2.45, 2.75) is 32.0 Å². The number of methoxy groups -OCH3 is 1. The van der Waals surface area contributed by atoms with Crippen molar-refractivity contribution >= 4 is 5.69 Å². The van der Waals surface area contributed by atoms with E-state index < -0.39 is 0 Å². The number of ether oxygens (including phenoxy) is 1. The van der Waals surface area contributed by atoms with E-state index in [1.807, 2.05) is 12.1 Å². The van der Waals surface area contributed by atoms with Gasteiger partial charge in [-0.15, -0.1) is 0 Å². The lowest BCUT2D eigenvalue weighted by Crippen LogP contribution is -2.19. The van der Waals surface area contributed by atoms with Crippen LogP contribution in [-0.4, -0.2) is 20.2 Å². The van der Waals surface area contributed by atoms with Gasteiger partial charge < -0.3 is 19.4 Å². The maximum atomic E-state index is 5.61. The van der Waals surface area contributed by atoms with Crippen molar-refractivity contribution in [2.75, 3.05) is 19.1 Å². The topological polar surface area (TPSA) is 37.6 Å². The summed E-state index contributed by atoms with van der Waals surface area (Å²) in [4.78, 5) is 2.21. The molecule has 2 aromatic rings. The first-order valence-corrected chi connectivity index (χ1v) is 7.40. The SMILES string of the molecule is COc1ccc(N(C)Cc2ccoc2CNC2CC2)cc1. The van der Waals surface area contributed by atoms with Gasteiger partial charge in [-0.2, -0.15) is 0 Å². The molecule has 3 rings (SSSR count). The van der Waals surface area contributed by atoms with Gasteiger partial charge >= 0.3 is 0 Å². The maximum Gasteiger partial charge on any atom is 0.122 e. The summed E-state index contributed by atoms with van der Waals surface area (Å²) in [6.07, 6.45) is 4.37. The first kappa shape index (κ1) is 14.0. The predicted molar refractivity (Wildman–Crippen MR) is 83.7 cm³/mol. The van der Waals surface area contributed by atoms with Crippen LogP contribution in [0.15, 0.2) is 41.0 Å². The van der Waals surface area contributed by atoms with E-state index in [0.29, 0.717) is 6.04 Å². The standard InChI is InChI=1S/C17H22N2O2/c1-19(15-5-7-16(20-2)8-6-15)12-13-9-10-21-17(13)11-18-14-3-4-14/h5-10,14,18H,3-4,11-12H2,1-2H3. The molecule has 0 atom stereocenters. The van der Waals surface area contributed by atoms with Gasteiger partial charge in [-0.3, -0.25) is 0 Å². The fourth-order valence-electron chi connectivity index (χ4n) is 2.37. The normalized spacial score (nSPS) is 14.2. The van der Waals surface area contributed by atoms with Crippen molar-refractivity contribution in [3.63, 3.8) is 0 Å². The first-order chi connectivity index (χ1) is 10.3. The summed E-state index contributed by atoms with van der Waals surface area (Å²) in [5, 5.41) is 3.50. The molecule has 0 bridgehead atoms. The molecule has 1 aliphatic rings. The van der Waals surface area contributed by atoms with Crippen LogP contribution in [0.3, 0.4) is 0 Å². The zero-order valence-electron chi connectivity index (χ0n) is 12.6. The van der Waals surface area contributed by atoms with Crippen molar-refractivity contribution in [1.29, 1.82) is 0 Å². The smallest absolute Gasteiger partial charge is 0.122 e. The number of rotatable bonds is 7. The number of anilines is 1. The van der Waals surface area contributed by atoms with Gasteiger partial charge in [0, 0.05) is 30.9 Å². The average molecular weight is 286 g/mol. The Bertz CT molecular complexity index is 573. The Morgan fingerprint density at radius 3 is 2.67 bits per heavy atom. The quantitative estimate of drug-likeness (QED) is 0.848. The minimum Gasteiger partial charge on any atom is -0.497 e. The lowest BCUT2D eigenvalue weighted by Gasteiger charge is -2.19. The van der Waals surface area contributed by atoms with Crippen LogP contribution in [0.2, 0.25) is 0 Å². The third-order valence-corrected chi connectivity index (χ3v) is 3.89. The maximum absolute atomic E-state index is 5.61. The molecule has 1 heterocycles. The Labute approximate surface area is 125 Å². The van der Waals surface area contributed by atoms with E-state index in [0.717, 1.165) is 30.3 Å². The monoisotopic (exact) mass is 286 g/mol. The second-order valence-electron chi connectivity index (χ2n) is 5.58. The van der Waals surface area contributed by atoms with E-state index in [9.17, 15) is 0 Å². The lowest BCUT2D eigenvalue weighted by atomic mass is 10.2. The number of benzene rings is 1. The highest BCUT2D eigenvalue weighted by Crippen LogP contribution is 2.23. The molecule has 0 saturated heterocycles. The summed E-state index contributed by atoms with van der Waals surface area (Å²) >= 11 is 0. The molecule has 1 aliphatic carbocycles. The fraction of sp³-hybridized carbons (Fsp3) is 0.412. The second kappa shape index (κ2) is 6.22. The first-order valence-electron chi connectivity index (χ1n) is 7.40. The van der Waals surface area contributed by atoms with Crippen LogP contribution >= 0.6 is 0 Å². The van der Waals surface area contributed by atoms with Crippen LogP contribution in [-0.2, 0) is 13.1 Å². The third-order valence-electron chi connectivity index (χ3n) is 3.89. The number of hydrogen-bond acceptors (Lipinski definition) is 4. The highest BCUT2D eigenvalue weighted by atomic mass is 16.5. The molecule has 0 aliphatic heterocycles. The van der Waals surface area contributed by atoms with E-state index in [4.69, 9.17) is 9.15 Å². The van der Waals surface area contributed by atoms with Crippen LogP contribution in [0.5, 0.6) is 5.75 Å². The highest BCUT2D eigenvalue weighted by molar-refractivity contribution is 5.49. The number of nitrogens with zero attached hydrogens (tertiary/aromatic N) is 1. The molecule has 1 saturated carbocycles. The van der Waals surface area contributed by atoms with E-state index in [-0.39, 0.29) is 0 Å². The molecule has 0 spiro atoms. The number of furan rings is 1. The second-order valence-corrected chi connectivity index (χ2v) is 5.58. The van der Waals surface area contributed by atoms with Crippen LogP contribution in [0, 0.1) is 0 Å². The molecule has 1 aromatic heterocycles. The predicted octanol–water partition coefficient (Wildman–Crippen LogP) is 3.18. The molecule has 0 amide bonds. The number of hydrogen-bond donors (Lipinski definition) is 1. The van der Waals surface area contributed by atoms with Gasteiger partial charge in [0.25, 0.3) is 0 Å². The van der Waals surface area contributed by atoms with E-state index >= 15 is 0 Å². The number of nitrogens with one attached hydrogen (secondary N) is 1. The van der Waals surface area contributed by atoms with E-state index in [1.165, 1.54) is 18.4 Å². The van der Waals surface area contributed by atoms with Crippen LogP contribution in [0.25, 0.3) is 0 Å². The molecule has 4 nitrogen and oxygen atoms in total. The van der Waals surface area contributed by atoms with Gasteiger partial charge in [0.2, 0.25) is 0 Å². The molecule has 0 unspecified atom stereocenters. The van der Waals surface area contributed by atoms with Crippen LogP contribution < -0.4 is 15.0 Å². The van der Waals surface area contributed by atoms with E-state index in [2.05, 4.69) is 35.5 Å². The van der Waals surface area contributed by atoms with Gasteiger partial charge in [0.15, 0.2) is 0 Å². The Balaban J connectivity index is 1.62. The minimum absolute atomic E-state index is 0.697. The average Bonchev–Trinajstić information content (AvgIpc) is 3.25. The van der Waals surface area contributed by atoms with Crippen molar-refractivity contribution in [3.05, 3.63) is 47.9 Å². The third kappa shape index (κ3) is 3.58. The largest absolute Gasteiger partial charge is 0.497 e. The summed E-state index contributed by atoms with van der Waals surface area (Å²) in [5.74, 6) is 1.92. The lowest BCUT2D eigenvalue weighted by molar-refractivity contribution is 0.415. The van der Waals surface area contributed by atoms with Crippen molar-refractivity contribution < 1.29 is 9.15 Å². The van der Waals surface area contributed by atoms with Crippen molar-refractivity contribution in [3.8, 4) is 5.75 Å². The summed E-state index contributed by atoms with van der Waals surface area (Å²) in [6, 6.07) is 10.9. The van der Waals surface area contributed by atoms with Crippen molar-refractivity contribution in [1.82, 2.24) is 5.32 Å². The van der Waals surface area contributed by atoms with Gasteiger partial charge in [0.05, 0.1) is 19.9 Å². The van der Waals surface area contributed by atoms with Gasteiger partial charge in [-0.05, 0) is 43.2 Å². The van der Waals surface area contributed by atoms with Crippen LogP contribution in [0.4, 0.5) is 5.69 Å². The minimum atomic E-state index is 0.697. The Morgan fingerprint density at radius 1 is 1.24 bits per heavy atom. The molecular formula is C17H22N2O2. The molecule has 1 N–H and O–H groups in total. The Morgan fingerprint density at radius 2 is 2.00 bits per heavy atom. The van der Waals surface area contributed by atoms with Gasteiger partial charge in [-0.1, -0.05) is 0 Å². The molecule has 1 fully saturated rings. The van der Waals surface area contributed by atoms with E-state index in [1.54, 1.807) is 13.4 Å². The summed E-state index contributed by atoms with van der Waals surface area (Å²) < 4.78 is 10.8. The molecule has 112 valence electrons. The van der Waals surface area contributed by atoms with Crippen molar-refractivity contribution in [2.24, 2.45) is 0 Å². The zero-order valence-corrected chi connectivity index (χ0v) is 12.6. The molecular weight excluding hydrogens is 264 g/mol. The fourth-order valence-corrected chi connectivity index (χ4v) is 2.37. The highest BCUT2D eigenvalue weighted by Gasteiger charge is 2.21. The Kier molecular flexibility index (Phi) is 4.15. The summed E-state index contributed by atoms with van der Waals surface area (Å²) in [6.45, 7) is 1.66. The molecule has 21 heavy (non-hydrogen) atoms. The summed E-state index contributed by atoms with van der Waals surface area (Å²) in [7, 11) is 3.77. The molecule has 1 aromatic carbocycles. The van der Waals surface area contributed by atoms with Gasteiger partial charge in [-0.25, -0.2) is 0 Å². The molecule has 4 heteroatoms. The van der Waals surface area contributed by atoms with Gasteiger partial charge in [0.1, 0.15) is 11.5 Å².